The van der Waals surface area contributed by atoms with Gasteiger partial charge in [0.05, 0.1) is 5.58 Å². The maximum atomic E-state index is 6.05. The van der Waals surface area contributed by atoms with Crippen molar-refractivity contribution in [1.29, 1.82) is 0 Å². The predicted octanol–water partition coefficient (Wildman–Crippen LogP) is 8.73. The average molecular weight is 661 g/mol. The SMILES string of the molecule is Cc1c[c-]c(-c2ccccn2)c2oc3ccccc3c12.Cc1ccc(-c2[c-]cc(C(C)C)cc2)nc1.[Ir]. The van der Waals surface area contributed by atoms with Gasteiger partial charge in [-0.3, -0.25) is 0 Å². The summed E-state index contributed by atoms with van der Waals surface area (Å²) < 4.78 is 6.05. The van der Waals surface area contributed by atoms with Crippen LogP contribution in [0.1, 0.15) is 36.5 Å². The van der Waals surface area contributed by atoms with Crippen LogP contribution in [-0.4, -0.2) is 9.97 Å². The molecule has 0 saturated heterocycles. The Kier molecular flexibility index (Phi) is 8.33. The zero-order valence-electron chi connectivity index (χ0n) is 21.4. The number of hydrogen-bond donors (Lipinski definition) is 0. The maximum Gasteiger partial charge on any atom is 0.120 e. The van der Waals surface area contributed by atoms with E-state index in [0.717, 1.165) is 44.5 Å². The number of rotatable bonds is 3. The molecule has 0 fully saturated rings. The summed E-state index contributed by atoms with van der Waals surface area (Å²) in [5.74, 6) is 0.552. The van der Waals surface area contributed by atoms with Crippen LogP contribution in [0.25, 0.3) is 44.5 Å². The van der Waals surface area contributed by atoms with E-state index in [1.165, 1.54) is 16.7 Å². The molecule has 0 aliphatic heterocycles. The molecule has 0 aliphatic carbocycles. The number of furan rings is 1. The Morgan fingerprint density at radius 1 is 0.784 bits per heavy atom. The van der Waals surface area contributed by atoms with Gasteiger partial charge in [0.15, 0.2) is 0 Å². The zero-order valence-corrected chi connectivity index (χ0v) is 23.8. The standard InChI is InChI=1S/C18H12NO.C15H16N.Ir/c1-12-9-10-13(15-7-4-5-11-19-15)18-17(12)14-6-2-3-8-16(14)20-18;1-11(2)13-5-7-14(8-6-13)15-9-4-12(3)10-16-15;/h2-9,11H,1H3;4-7,9-11H,1-3H3;/q2*-1;. The minimum atomic E-state index is 0. The van der Waals surface area contributed by atoms with Crippen LogP contribution < -0.4 is 0 Å². The summed E-state index contributed by atoms with van der Waals surface area (Å²) in [4.78, 5) is 8.80. The Balaban J connectivity index is 0.000000173. The van der Waals surface area contributed by atoms with Crippen molar-refractivity contribution in [3.05, 3.63) is 120 Å². The number of pyridine rings is 2. The van der Waals surface area contributed by atoms with Gasteiger partial charge < -0.3 is 14.4 Å². The van der Waals surface area contributed by atoms with Gasteiger partial charge >= 0.3 is 0 Å². The summed E-state index contributed by atoms with van der Waals surface area (Å²) in [6.45, 7) is 8.51. The Morgan fingerprint density at radius 3 is 2.27 bits per heavy atom. The summed E-state index contributed by atoms with van der Waals surface area (Å²) in [6, 6.07) is 33.0. The second kappa shape index (κ2) is 11.6. The summed E-state index contributed by atoms with van der Waals surface area (Å²) in [6.07, 6.45) is 3.68. The first kappa shape index (κ1) is 26.5. The smallest absolute Gasteiger partial charge is 0.120 e. The van der Waals surface area contributed by atoms with Gasteiger partial charge in [-0.2, -0.15) is 0 Å². The molecule has 3 heterocycles. The molecule has 6 aromatic rings. The Bertz CT molecular complexity index is 1600. The van der Waals surface area contributed by atoms with E-state index >= 15 is 0 Å². The summed E-state index contributed by atoms with van der Waals surface area (Å²) in [5, 5.41) is 2.30. The monoisotopic (exact) mass is 661 g/mol. The van der Waals surface area contributed by atoms with E-state index in [2.05, 4.69) is 73.2 Å². The normalized spacial score (nSPS) is 10.7. The first-order valence-corrected chi connectivity index (χ1v) is 12.2. The van der Waals surface area contributed by atoms with Gasteiger partial charge in [0.2, 0.25) is 0 Å². The van der Waals surface area contributed by atoms with Gasteiger partial charge in [0.1, 0.15) is 5.58 Å². The number of para-hydroxylation sites is 1. The predicted molar refractivity (Wildman–Crippen MR) is 148 cm³/mol. The maximum absolute atomic E-state index is 6.05. The molecule has 1 radical (unpaired) electrons. The Hall–Kier alpha value is -3.59. The van der Waals surface area contributed by atoms with Crippen molar-refractivity contribution in [2.45, 2.75) is 33.6 Å². The van der Waals surface area contributed by atoms with Gasteiger partial charge in [-0.05, 0) is 36.0 Å². The van der Waals surface area contributed by atoms with Crippen molar-refractivity contribution in [2.24, 2.45) is 0 Å². The summed E-state index contributed by atoms with van der Waals surface area (Å²) >= 11 is 0. The second-order valence-corrected chi connectivity index (χ2v) is 9.28. The molecule has 187 valence electrons. The van der Waals surface area contributed by atoms with Crippen LogP contribution in [0.15, 0.2) is 95.7 Å². The van der Waals surface area contributed by atoms with Crippen molar-refractivity contribution in [2.75, 3.05) is 0 Å². The first-order valence-electron chi connectivity index (χ1n) is 12.2. The van der Waals surface area contributed by atoms with Crippen LogP contribution in [0.3, 0.4) is 0 Å². The van der Waals surface area contributed by atoms with E-state index in [-0.39, 0.29) is 20.1 Å². The molecule has 0 unspecified atom stereocenters. The zero-order chi connectivity index (χ0) is 25.1. The molecule has 0 atom stereocenters. The second-order valence-electron chi connectivity index (χ2n) is 9.28. The number of aromatic nitrogens is 2. The van der Waals surface area contributed by atoms with Crippen LogP contribution in [-0.2, 0) is 20.1 Å². The van der Waals surface area contributed by atoms with Crippen LogP contribution in [0.5, 0.6) is 0 Å². The number of hydrogen-bond acceptors (Lipinski definition) is 3. The molecule has 0 amide bonds. The first-order chi connectivity index (χ1) is 17.5. The minimum Gasteiger partial charge on any atom is -0.501 e. The molecule has 3 aromatic carbocycles. The van der Waals surface area contributed by atoms with Gasteiger partial charge in [-0.25, -0.2) is 0 Å². The number of aryl methyl sites for hydroxylation is 2. The number of benzene rings is 3. The van der Waals surface area contributed by atoms with Gasteiger partial charge in [0, 0.05) is 37.9 Å². The summed E-state index contributed by atoms with van der Waals surface area (Å²) in [5.41, 5.74) is 9.29. The van der Waals surface area contributed by atoms with E-state index < -0.39 is 0 Å². The van der Waals surface area contributed by atoms with E-state index in [9.17, 15) is 0 Å². The molecule has 0 aliphatic rings. The van der Waals surface area contributed by atoms with Crippen LogP contribution in [0.4, 0.5) is 0 Å². The van der Waals surface area contributed by atoms with E-state index in [0.29, 0.717) is 5.92 Å². The van der Waals surface area contributed by atoms with E-state index in [1.807, 2.05) is 61.7 Å². The van der Waals surface area contributed by atoms with Gasteiger partial charge in [-0.15, -0.1) is 53.1 Å². The number of nitrogens with zero attached hydrogens (tertiary/aromatic N) is 2. The van der Waals surface area contributed by atoms with Crippen molar-refractivity contribution in [1.82, 2.24) is 9.97 Å². The van der Waals surface area contributed by atoms with Crippen molar-refractivity contribution in [3.63, 3.8) is 0 Å². The molecule has 3 nitrogen and oxygen atoms in total. The molecular weight excluding hydrogens is 633 g/mol. The molecule has 3 aromatic heterocycles. The van der Waals surface area contributed by atoms with Crippen molar-refractivity contribution in [3.8, 4) is 22.5 Å². The fourth-order valence-corrected chi connectivity index (χ4v) is 4.21. The van der Waals surface area contributed by atoms with E-state index in [4.69, 9.17) is 4.42 Å². The molecule has 0 spiro atoms. The van der Waals surface area contributed by atoms with Crippen molar-refractivity contribution < 1.29 is 24.5 Å². The van der Waals surface area contributed by atoms with E-state index in [1.54, 1.807) is 6.20 Å². The molecule has 0 N–H and O–H groups in total. The number of fused-ring (bicyclic) bond motifs is 3. The third kappa shape index (κ3) is 5.72. The molecule has 0 bridgehead atoms. The van der Waals surface area contributed by atoms with Crippen molar-refractivity contribution >= 4 is 21.9 Å². The molecule has 37 heavy (non-hydrogen) atoms. The third-order valence-corrected chi connectivity index (χ3v) is 6.26. The largest absolute Gasteiger partial charge is 0.501 e. The van der Waals surface area contributed by atoms with Gasteiger partial charge in [-0.1, -0.05) is 80.1 Å². The Labute approximate surface area is 232 Å². The fourth-order valence-electron chi connectivity index (χ4n) is 4.21. The fraction of sp³-hybridized carbons (Fsp3) is 0.152. The Morgan fingerprint density at radius 2 is 1.59 bits per heavy atom. The summed E-state index contributed by atoms with van der Waals surface area (Å²) in [7, 11) is 0. The van der Waals surface area contributed by atoms with Crippen LogP contribution in [0.2, 0.25) is 0 Å². The molecular formula is C33H28IrN2O-2. The average Bonchev–Trinajstić information content (AvgIpc) is 3.31. The topological polar surface area (TPSA) is 38.9 Å². The van der Waals surface area contributed by atoms with Crippen LogP contribution in [0, 0.1) is 26.0 Å². The van der Waals surface area contributed by atoms with Crippen LogP contribution >= 0.6 is 0 Å². The quantitative estimate of drug-likeness (QED) is 0.178. The third-order valence-electron chi connectivity index (χ3n) is 6.26. The molecule has 0 saturated carbocycles. The minimum absolute atomic E-state index is 0. The van der Waals surface area contributed by atoms with Gasteiger partial charge in [0.25, 0.3) is 0 Å². The molecule has 4 heteroatoms. The molecule has 6 rings (SSSR count).